The first-order valence-corrected chi connectivity index (χ1v) is 9.64. The maximum absolute atomic E-state index is 12.9. The number of ether oxygens (including phenoxy) is 2. The normalized spacial score (nSPS) is 14.6. The van der Waals surface area contributed by atoms with Gasteiger partial charge in [0, 0.05) is 24.6 Å². The molecule has 0 spiro atoms. The van der Waals surface area contributed by atoms with Gasteiger partial charge in [0.15, 0.2) is 23.9 Å². The molecule has 28 heavy (non-hydrogen) atoms. The molecule has 5 nitrogen and oxygen atoms in total. The van der Waals surface area contributed by atoms with E-state index >= 15 is 0 Å². The van der Waals surface area contributed by atoms with E-state index in [2.05, 4.69) is 0 Å². The van der Waals surface area contributed by atoms with Crippen molar-refractivity contribution in [1.82, 2.24) is 4.90 Å². The Morgan fingerprint density at radius 3 is 2.39 bits per heavy atom. The number of hydrogen-bond donors (Lipinski definition) is 0. The van der Waals surface area contributed by atoms with Crippen molar-refractivity contribution in [1.29, 1.82) is 0 Å². The highest BCUT2D eigenvalue weighted by molar-refractivity contribution is 5.99. The maximum atomic E-state index is 12.9. The van der Waals surface area contributed by atoms with Gasteiger partial charge in [0.05, 0.1) is 7.11 Å². The summed E-state index contributed by atoms with van der Waals surface area (Å²) < 4.78 is 10.9. The van der Waals surface area contributed by atoms with Crippen molar-refractivity contribution in [2.24, 2.45) is 5.92 Å². The van der Waals surface area contributed by atoms with Gasteiger partial charge >= 0.3 is 0 Å². The van der Waals surface area contributed by atoms with Crippen molar-refractivity contribution in [3.05, 3.63) is 59.2 Å². The summed E-state index contributed by atoms with van der Waals surface area (Å²) >= 11 is 0. The molecule has 2 aromatic rings. The first kappa shape index (κ1) is 19.9. The second kappa shape index (κ2) is 8.91. The minimum atomic E-state index is -0.0662. The largest absolute Gasteiger partial charge is 0.493 e. The molecule has 1 heterocycles. The third-order valence-corrected chi connectivity index (χ3v) is 5.30. The lowest BCUT2D eigenvalue weighted by molar-refractivity contribution is -0.134. The zero-order chi connectivity index (χ0) is 20.1. The summed E-state index contributed by atoms with van der Waals surface area (Å²) in [6.45, 7) is 5.10. The standard InChI is InChI=1S/C23H27NO4/c1-16-8-9-17(2)19(14-16)23(26)18-10-12-24(13-11-18)22(25)15-28-21-7-5-4-6-20(21)27-3/h4-9,14,18H,10-13,15H2,1-3H3. The minimum Gasteiger partial charge on any atom is -0.493 e. The molecule has 0 N–H and O–H groups in total. The quantitative estimate of drug-likeness (QED) is 0.714. The van der Waals surface area contributed by atoms with Gasteiger partial charge in [-0.25, -0.2) is 0 Å². The Kier molecular flexibility index (Phi) is 6.34. The summed E-state index contributed by atoms with van der Waals surface area (Å²) in [6.07, 6.45) is 1.37. The van der Waals surface area contributed by atoms with E-state index in [9.17, 15) is 9.59 Å². The lowest BCUT2D eigenvalue weighted by atomic mass is 9.87. The van der Waals surface area contributed by atoms with Crippen molar-refractivity contribution < 1.29 is 19.1 Å². The number of Topliss-reactive ketones (excluding diaryl/α,β-unsaturated/α-hetero) is 1. The molecular formula is C23H27NO4. The maximum Gasteiger partial charge on any atom is 0.260 e. The van der Waals surface area contributed by atoms with Crippen LogP contribution in [-0.2, 0) is 4.79 Å². The number of hydrogen-bond acceptors (Lipinski definition) is 4. The number of methoxy groups -OCH3 is 1. The van der Waals surface area contributed by atoms with Gasteiger partial charge in [0.2, 0.25) is 0 Å². The Hall–Kier alpha value is -2.82. The number of aryl methyl sites for hydroxylation is 2. The van der Waals surface area contributed by atoms with Crippen molar-refractivity contribution in [2.75, 3.05) is 26.8 Å². The van der Waals surface area contributed by atoms with Crippen LogP contribution in [0.25, 0.3) is 0 Å². The molecule has 1 saturated heterocycles. The van der Waals surface area contributed by atoms with Gasteiger partial charge in [-0.15, -0.1) is 0 Å². The van der Waals surface area contributed by atoms with Gasteiger partial charge in [-0.2, -0.15) is 0 Å². The number of nitrogens with zero attached hydrogens (tertiary/aromatic N) is 1. The van der Waals surface area contributed by atoms with E-state index in [-0.39, 0.29) is 24.2 Å². The van der Waals surface area contributed by atoms with E-state index in [4.69, 9.17) is 9.47 Å². The predicted molar refractivity (Wildman–Crippen MR) is 108 cm³/mol. The first-order valence-electron chi connectivity index (χ1n) is 9.64. The van der Waals surface area contributed by atoms with E-state index in [0.717, 1.165) is 16.7 Å². The highest BCUT2D eigenvalue weighted by Crippen LogP contribution is 2.27. The lowest BCUT2D eigenvalue weighted by Gasteiger charge is -2.31. The zero-order valence-electron chi connectivity index (χ0n) is 16.7. The molecule has 2 aromatic carbocycles. The molecule has 0 bridgehead atoms. The summed E-state index contributed by atoms with van der Waals surface area (Å²) in [6, 6.07) is 13.3. The van der Waals surface area contributed by atoms with Crippen LogP contribution in [-0.4, -0.2) is 43.4 Å². The number of rotatable bonds is 6. The number of carbonyl (C=O) groups is 2. The van der Waals surface area contributed by atoms with Crippen LogP contribution < -0.4 is 9.47 Å². The molecule has 0 unspecified atom stereocenters. The third-order valence-electron chi connectivity index (χ3n) is 5.30. The van der Waals surface area contributed by atoms with Gasteiger partial charge in [-0.1, -0.05) is 29.8 Å². The fourth-order valence-electron chi connectivity index (χ4n) is 3.58. The SMILES string of the molecule is COc1ccccc1OCC(=O)N1CCC(C(=O)c2cc(C)ccc2C)CC1. The number of piperidine rings is 1. The molecule has 0 atom stereocenters. The number of carbonyl (C=O) groups excluding carboxylic acids is 2. The fraction of sp³-hybridized carbons (Fsp3) is 0.391. The average Bonchev–Trinajstić information content (AvgIpc) is 2.73. The van der Waals surface area contributed by atoms with Crippen molar-refractivity contribution in [3.8, 4) is 11.5 Å². The Labute approximate surface area is 166 Å². The fourth-order valence-corrected chi connectivity index (χ4v) is 3.58. The highest BCUT2D eigenvalue weighted by Gasteiger charge is 2.28. The van der Waals surface area contributed by atoms with Crippen LogP contribution in [0.2, 0.25) is 0 Å². The van der Waals surface area contributed by atoms with Crippen LogP contribution in [0.5, 0.6) is 11.5 Å². The molecule has 0 aromatic heterocycles. The van der Waals surface area contributed by atoms with E-state index in [1.165, 1.54) is 0 Å². The molecule has 1 aliphatic heterocycles. The molecule has 148 valence electrons. The second-order valence-corrected chi connectivity index (χ2v) is 7.28. The summed E-state index contributed by atoms with van der Waals surface area (Å²) in [5.74, 6) is 1.26. The van der Waals surface area contributed by atoms with Gasteiger partial charge in [-0.05, 0) is 50.5 Å². The van der Waals surface area contributed by atoms with Crippen LogP contribution in [0.4, 0.5) is 0 Å². The number of ketones is 1. The minimum absolute atomic E-state index is 0.0281. The molecule has 0 radical (unpaired) electrons. The van der Waals surface area contributed by atoms with Crippen LogP contribution >= 0.6 is 0 Å². The number of likely N-dealkylation sites (tertiary alicyclic amines) is 1. The van der Waals surface area contributed by atoms with Crippen molar-refractivity contribution >= 4 is 11.7 Å². The molecule has 1 amide bonds. The van der Waals surface area contributed by atoms with Crippen LogP contribution in [0.15, 0.2) is 42.5 Å². The van der Waals surface area contributed by atoms with E-state index in [1.54, 1.807) is 24.1 Å². The van der Waals surface area contributed by atoms with Crippen molar-refractivity contribution in [3.63, 3.8) is 0 Å². The Morgan fingerprint density at radius 2 is 1.71 bits per heavy atom. The predicted octanol–water partition coefficient (Wildman–Crippen LogP) is 3.81. The molecule has 1 fully saturated rings. The molecule has 0 aliphatic carbocycles. The first-order chi connectivity index (χ1) is 13.5. The van der Waals surface area contributed by atoms with Gasteiger partial charge in [0.1, 0.15) is 0 Å². The molecule has 1 aliphatic rings. The topological polar surface area (TPSA) is 55.8 Å². The number of amides is 1. The molecule has 0 saturated carbocycles. The smallest absolute Gasteiger partial charge is 0.260 e. The Bertz CT molecular complexity index is 853. The lowest BCUT2D eigenvalue weighted by Crippen LogP contribution is -2.42. The molecule has 5 heteroatoms. The van der Waals surface area contributed by atoms with Crippen LogP contribution in [0.1, 0.15) is 34.3 Å². The second-order valence-electron chi connectivity index (χ2n) is 7.28. The zero-order valence-corrected chi connectivity index (χ0v) is 16.7. The van der Waals surface area contributed by atoms with Crippen LogP contribution in [0.3, 0.4) is 0 Å². The van der Waals surface area contributed by atoms with Gasteiger partial charge < -0.3 is 14.4 Å². The van der Waals surface area contributed by atoms with E-state index in [1.807, 2.05) is 44.2 Å². The van der Waals surface area contributed by atoms with Crippen molar-refractivity contribution in [2.45, 2.75) is 26.7 Å². The third kappa shape index (κ3) is 4.53. The summed E-state index contributed by atoms with van der Waals surface area (Å²) in [5, 5.41) is 0. The molecule has 3 rings (SSSR count). The van der Waals surface area contributed by atoms with Crippen LogP contribution in [0, 0.1) is 19.8 Å². The molecular weight excluding hydrogens is 354 g/mol. The number of para-hydroxylation sites is 2. The van der Waals surface area contributed by atoms with E-state index < -0.39 is 0 Å². The van der Waals surface area contributed by atoms with Gasteiger partial charge in [0.25, 0.3) is 5.91 Å². The highest BCUT2D eigenvalue weighted by atomic mass is 16.5. The number of benzene rings is 2. The summed E-state index contributed by atoms with van der Waals surface area (Å²) in [4.78, 5) is 27.2. The van der Waals surface area contributed by atoms with E-state index in [0.29, 0.717) is 37.4 Å². The summed E-state index contributed by atoms with van der Waals surface area (Å²) in [7, 11) is 1.57. The Balaban J connectivity index is 1.54. The van der Waals surface area contributed by atoms with Gasteiger partial charge in [-0.3, -0.25) is 9.59 Å². The average molecular weight is 381 g/mol. The Morgan fingerprint density at radius 1 is 1.04 bits per heavy atom. The monoisotopic (exact) mass is 381 g/mol. The summed E-state index contributed by atoms with van der Waals surface area (Å²) in [5.41, 5.74) is 2.92.